The smallest absolute Gasteiger partial charge is 0.145 e. The van der Waals surface area contributed by atoms with Crippen LogP contribution in [0, 0.1) is 0 Å². The summed E-state index contributed by atoms with van der Waals surface area (Å²) in [5.41, 5.74) is 0.925. The van der Waals surface area contributed by atoms with Gasteiger partial charge in [-0.25, -0.2) is 0 Å². The number of methoxy groups -OCH3 is 2. The van der Waals surface area contributed by atoms with E-state index in [0.717, 1.165) is 18.0 Å². The van der Waals surface area contributed by atoms with E-state index in [4.69, 9.17) is 21.1 Å². The summed E-state index contributed by atoms with van der Waals surface area (Å²) in [4.78, 5) is 0. The molecule has 3 nitrogen and oxygen atoms in total. The van der Waals surface area contributed by atoms with Gasteiger partial charge < -0.3 is 14.8 Å². The third-order valence-electron chi connectivity index (χ3n) is 3.57. The second kappa shape index (κ2) is 10.6. The minimum Gasteiger partial charge on any atom is -0.495 e. The zero-order chi connectivity index (χ0) is 15.5. The summed E-state index contributed by atoms with van der Waals surface area (Å²) in [5, 5.41) is 3.99. The summed E-state index contributed by atoms with van der Waals surface area (Å²) in [6.07, 6.45) is 9.14. The van der Waals surface area contributed by atoms with E-state index in [1.165, 1.54) is 44.9 Å². The van der Waals surface area contributed by atoms with Gasteiger partial charge in [-0.2, -0.15) is 0 Å². The SMILES string of the molecule is CCCCCCCCCNc1cc(Cl)c(OC)cc1OC. The molecule has 0 atom stereocenters. The second-order valence-corrected chi connectivity index (χ2v) is 5.64. The normalized spacial score (nSPS) is 10.5. The maximum Gasteiger partial charge on any atom is 0.145 e. The molecule has 0 saturated carbocycles. The van der Waals surface area contributed by atoms with Gasteiger partial charge in [-0.3, -0.25) is 0 Å². The van der Waals surface area contributed by atoms with Crippen LogP contribution < -0.4 is 14.8 Å². The quantitative estimate of drug-likeness (QED) is 0.546. The molecule has 4 heteroatoms. The van der Waals surface area contributed by atoms with Gasteiger partial charge in [0.1, 0.15) is 11.5 Å². The number of hydrogen-bond donors (Lipinski definition) is 1. The van der Waals surface area contributed by atoms with Crippen molar-refractivity contribution in [1.29, 1.82) is 0 Å². The van der Waals surface area contributed by atoms with Crippen LogP contribution in [0.4, 0.5) is 5.69 Å². The molecule has 0 aliphatic rings. The lowest BCUT2D eigenvalue weighted by atomic mass is 10.1. The standard InChI is InChI=1S/C17H28ClNO2/c1-4-5-6-7-8-9-10-11-19-15-12-14(18)16(20-2)13-17(15)21-3/h12-13,19H,4-11H2,1-3H3. The van der Waals surface area contributed by atoms with E-state index in [0.29, 0.717) is 10.8 Å². The molecule has 0 bridgehead atoms. The van der Waals surface area contributed by atoms with Crippen LogP contribution in [0.1, 0.15) is 51.9 Å². The second-order valence-electron chi connectivity index (χ2n) is 5.24. The van der Waals surface area contributed by atoms with E-state index < -0.39 is 0 Å². The first-order valence-electron chi connectivity index (χ1n) is 7.88. The Morgan fingerprint density at radius 3 is 2.14 bits per heavy atom. The number of ether oxygens (including phenoxy) is 2. The predicted molar refractivity (Wildman–Crippen MR) is 91.0 cm³/mol. The minimum absolute atomic E-state index is 0.598. The van der Waals surface area contributed by atoms with Crippen LogP contribution in [0.5, 0.6) is 11.5 Å². The van der Waals surface area contributed by atoms with Crippen LogP contribution >= 0.6 is 11.6 Å². The topological polar surface area (TPSA) is 30.5 Å². The molecule has 0 saturated heterocycles. The van der Waals surface area contributed by atoms with Gasteiger partial charge in [0, 0.05) is 12.6 Å². The largest absolute Gasteiger partial charge is 0.495 e. The van der Waals surface area contributed by atoms with Crippen LogP contribution in [0.15, 0.2) is 12.1 Å². The first-order valence-corrected chi connectivity index (χ1v) is 8.26. The lowest BCUT2D eigenvalue weighted by molar-refractivity contribution is 0.395. The van der Waals surface area contributed by atoms with Crippen molar-refractivity contribution in [2.45, 2.75) is 51.9 Å². The Kier molecular flexibility index (Phi) is 9.07. The van der Waals surface area contributed by atoms with Gasteiger partial charge >= 0.3 is 0 Å². The zero-order valence-corrected chi connectivity index (χ0v) is 14.3. The van der Waals surface area contributed by atoms with Gasteiger partial charge in [0.15, 0.2) is 0 Å². The van der Waals surface area contributed by atoms with Crippen molar-refractivity contribution in [3.8, 4) is 11.5 Å². The maximum absolute atomic E-state index is 6.15. The van der Waals surface area contributed by atoms with Gasteiger partial charge in [0.25, 0.3) is 0 Å². The average Bonchev–Trinajstić information content (AvgIpc) is 2.50. The van der Waals surface area contributed by atoms with E-state index in [9.17, 15) is 0 Å². The Morgan fingerprint density at radius 2 is 1.52 bits per heavy atom. The first kappa shape index (κ1) is 18.0. The van der Waals surface area contributed by atoms with Gasteiger partial charge in [0.2, 0.25) is 0 Å². The van der Waals surface area contributed by atoms with Crippen LogP contribution in [0.3, 0.4) is 0 Å². The molecular weight excluding hydrogens is 286 g/mol. The van der Waals surface area contributed by atoms with E-state index in [-0.39, 0.29) is 0 Å². The number of anilines is 1. The number of benzene rings is 1. The van der Waals surface area contributed by atoms with Crippen LogP contribution in [0.2, 0.25) is 5.02 Å². The lowest BCUT2D eigenvalue weighted by Gasteiger charge is -2.13. The van der Waals surface area contributed by atoms with Gasteiger partial charge in [-0.1, -0.05) is 57.0 Å². The molecule has 21 heavy (non-hydrogen) atoms. The predicted octanol–water partition coefficient (Wildman–Crippen LogP) is 5.52. The molecule has 0 radical (unpaired) electrons. The summed E-state index contributed by atoms with van der Waals surface area (Å²) in [5.74, 6) is 1.40. The average molecular weight is 314 g/mol. The summed E-state index contributed by atoms with van der Waals surface area (Å²) >= 11 is 6.15. The molecule has 0 aromatic heterocycles. The number of halogens is 1. The Balaban J connectivity index is 2.33. The van der Waals surface area contributed by atoms with E-state index in [1.807, 2.05) is 12.1 Å². The minimum atomic E-state index is 0.598. The molecular formula is C17H28ClNO2. The molecule has 120 valence electrons. The highest BCUT2D eigenvalue weighted by Crippen LogP contribution is 2.35. The van der Waals surface area contributed by atoms with Gasteiger partial charge in [-0.15, -0.1) is 0 Å². The third kappa shape index (κ3) is 6.47. The molecule has 0 aliphatic heterocycles. The summed E-state index contributed by atoms with van der Waals surface area (Å²) in [6, 6.07) is 3.68. The van der Waals surface area contributed by atoms with Crippen LogP contribution in [0.25, 0.3) is 0 Å². The van der Waals surface area contributed by atoms with Crippen molar-refractivity contribution in [3.63, 3.8) is 0 Å². The van der Waals surface area contributed by atoms with Crippen LogP contribution in [-0.2, 0) is 0 Å². The number of hydrogen-bond acceptors (Lipinski definition) is 3. The zero-order valence-electron chi connectivity index (χ0n) is 13.5. The van der Waals surface area contributed by atoms with Crippen molar-refractivity contribution in [2.75, 3.05) is 26.1 Å². The van der Waals surface area contributed by atoms with Crippen molar-refractivity contribution < 1.29 is 9.47 Å². The summed E-state index contributed by atoms with van der Waals surface area (Å²) in [7, 11) is 3.26. The maximum atomic E-state index is 6.15. The Bertz CT molecular complexity index is 410. The highest BCUT2D eigenvalue weighted by atomic mass is 35.5. The molecule has 0 heterocycles. The molecule has 1 aromatic rings. The monoisotopic (exact) mass is 313 g/mol. The number of nitrogens with one attached hydrogen (secondary N) is 1. The van der Waals surface area contributed by atoms with Crippen molar-refractivity contribution >= 4 is 17.3 Å². The Hall–Kier alpha value is -1.09. The van der Waals surface area contributed by atoms with E-state index in [2.05, 4.69) is 12.2 Å². The van der Waals surface area contributed by atoms with Crippen LogP contribution in [-0.4, -0.2) is 20.8 Å². The fraction of sp³-hybridized carbons (Fsp3) is 0.647. The molecule has 1 aromatic carbocycles. The van der Waals surface area contributed by atoms with Crippen molar-refractivity contribution in [2.24, 2.45) is 0 Å². The fourth-order valence-electron chi connectivity index (χ4n) is 2.30. The molecule has 1 rings (SSSR count). The van der Waals surface area contributed by atoms with Gasteiger partial charge in [0.05, 0.1) is 24.9 Å². The highest BCUT2D eigenvalue weighted by molar-refractivity contribution is 6.32. The lowest BCUT2D eigenvalue weighted by Crippen LogP contribution is -2.03. The highest BCUT2D eigenvalue weighted by Gasteiger charge is 2.09. The molecule has 0 spiro atoms. The van der Waals surface area contributed by atoms with Crippen molar-refractivity contribution in [1.82, 2.24) is 0 Å². The van der Waals surface area contributed by atoms with Crippen molar-refractivity contribution in [3.05, 3.63) is 17.2 Å². The number of unbranched alkanes of at least 4 members (excludes halogenated alkanes) is 6. The van der Waals surface area contributed by atoms with E-state index in [1.54, 1.807) is 14.2 Å². The molecule has 0 unspecified atom stereocenters. The fourth-order valence-corrected chi connectivity index (χ4v) is 2.54. The summed E-state index contributed by atoms with van der Waals surface area (Å²) < 4.78 is 10.6. The summed E-state index contributed by atoms with van der Waals surface area (Å²) in [6.45, 7) is 3.18. The Labute approximate surface area is 134 Å². The molecule has 0 fully saturated rings. The molecule has 1 N–H and O–H groups in total. The van der Waals surface area contributed by atoms with E-state index >= 15 is 0 Å². The van der Waals surface area contributed by atoms with Gasteiger partial charge in [-0.05, 0) is 12.5 Å². The Morgan fingerprint density at radius 1 is 0.905 bits per heavy atom. The first-order chi connectivity index (χ1) is 10.2. The molecule has 0 amide bonds. The third-order valence-corrected chi connectivity index (χ3v) is 3.87. The number of rotatable bonds is 11. The molecule has 0 aliphatic carbocycles.